The Morgan fingerprint density at radius 1 is 0.833 bits per heavy atom. The van der Waals surface area contributed by atoms with E-state index in [9.17, 15) is 8.42 Å². The molecule has 2 aromatic rings. The normalized spacial score (nSPS) is 17.1. The number of likely N-dealkylation sites (N-methyl/N-ethyl adjacent to an activating group) is 1. The van der Waals surface area contributed by atoms with Gasteiger partial charge in [0.05, 0.1) is 4.90 Å². The molecule has 0 radical (unpaired) electrons. The van der Waals surface area contributed by atoms with Crippen molar-refractivity contribution in [1.82, 2.24) is 9.21 Å². The quantitative estimate of drug-likeness (QED) is 0.856. The lowest BCUT2D eigenvalue weighted by Crippen LogP contribution is -2.48. The summed E-state index contributed by atoms with van der Waals surface area (Å²) in [5, 5.41) is 0. The SMILES string of the molecule is CCN1CCN(S(=O)(=O)c2ccc(-c3ccc(C)cc3)cc2)CC1. The minimum atomic E-state index is -3.39. The highest BCUT2D eigenvalue weighted by atomic mass is 32.2. The second-order valence-electron chi connectivity index (χ2n) is 6.23. The number of hydrogen-bond acceptors (Lipinski definition) is 3. The van der Waals surface area contributed by atoms with Crippen LogP contribution in [0.2, 0.25) is 0 Å². The molecule has 1 saturated heterocycles. The minimum Gasteiger partial charge on any atom is -0.301 e. The number of hydrogen-bond donors (Lipinski definition) is 0. The average Bonchev–Trinajstić information content (AvgIpc) is 2.62. The maximum atomic E-state index is 12.8. The van der Waals surface area contributed by atoms with E-state index in [1.54, 1.807) is 16.4 Å². The summed E-state index contributed by atoms with van der Waals surface area (Å²) in [5.41, 5.74) is 3.34. The second-order valence-corrected chi connectivity index (χ2v) is 8.17. The highest BCUT2D eigenvalue weighted by Crippen LogP contribution is 2.24. The Labute approximate surface area is 144 Å². The van der Waals surface area contributed by atoms with E-state index in [2.05, 4.69) is 43.0 Å². The van der Waals surface area contributed by atoms with Crippen LogP contribution < -0.4 is 0 Å². The number of piperazine rings is 1. The Kier molecular flexibility index (Phi) is 5.04. The molecule has 1 aliphatic heterocycles. The summed E-state index contributed by atoms with van der Waals surface area (Å²) in [4.78, 5) is 2.65. The number of nitrogens with zero attached hydrogens (tertiary/aromatic N) is 2. The van der Waals surface area contributed by atoms with Gasteiger partial charge in [-0.2, -0.15) is 4.31 Å². The molecule has 0 spiro atoms. The van der Waals surface area contributed by atoms with Crippen LogP contribution in [0.15, 0.2) is 53.4 Å². The largest absolute Gasteiger partial charge is 0.301 e. The standard InChI is InChI=1S/C19H24N2O2S/c1-3-20-12-14-21(15-13-20)24(22,23)19-10-8-18(9-11-19)17-6-4-16(2)5-7-17/h4-11H,3,12-15H2,1-2H3. The first-order chi connectivity index (χ1) is 11.5. The van der Waals surface area contributed by atoms with Crippen molar-refractivity contribution in [3.8, 4) is 11.1 Å². The lowest BCUT2D eigenvalue weighted by molar-refractivity contribution is 0.196. The lowest BCUT2D eigenvalue weighted by atomic mass is 10.0. The van der Waals surface area contributed by atoms with Crippen molar-refractivity contribution in [2.45, 2.75) is 18.7 Å². The van der Waals surface area contributed by atoms with Crippen molar-refractivity contribution >= 4 is 10.0 Å². The highest BCUT2D eigenvalue weighted by molar-refractivity contribution is 7.89. The third-order valence-electron chi connectivity index (χ3n) is 4.66. The van der Waals surface area contributed by atoms with Gasteiger partial charge in [0.2, 0.25) is 10.0 Å². The molecule has 0 N–H and O–H groups in total. The maximum absolute atomic E-state index is 12.8. The van der Waals surface area contributed by atoms with Crippen LogP contribution in [0.1, 0.15) is 12.5 Å². The van der Waals surface area contributed by atoms with E-state index in [1.807, 2.05) is 12.1 Å². The molecule has 1 aliphatic rings. The van der Waals surface area contributed by atoms with Gasteiger partial charge in [-0.1, -0.05) is 48.9 Å². The van der Waals surface area contributed by atoms with Gasteiger partial charge in [-0.25, -0.2) is 8.42 Å². The predicted octanol–water partition coefficient (Wildman–Crippen LogP) is 2.99. The lowest BCUT2D eigenvalue weighted by Gasteiger charge is -2.33. The third kappa shape index (κ3) is 3.53. The van der Waals surface area contributed by atoms with Gasteiger partial charge in [-0.05, 0) is 36.7 Å². The maximum Gasteiger partial charge on any atom is 0.243 e. The summed E-state index contributed by atoms with van der Waals surface area (Å²) in [7, 11) is -3.39. The van der Waals surface area contributed by atoms with Crippen molar-refractivity contribution in [1.29, 1.82) is 0 Å². The van der Waals surface area contributed by atoms with Crippen molar-refractivity contribution < 1.29 is 8.42 Å². The van der Waals surface area contributed by atoms with Crippen LogP contribution in [-0.4, -0.2) is 50.3 Å². The van der Waals surface area contributed by atoms with Crippen LogP contribution in [0.3, 0.4) is 0 Å². The number of sulfonamides is 1. The molecule has 0 aromatic heterocycles. The number of aryl methyl sites for hydroxylation is 1. The van der Waals surface area contributed by atoms with Crippen molar-refractivity contribution in [3.63, 3.8) is 0 Å². The van der Waals surface area contributed by atoms with Gasteiger partial charge in [0, 0.05) is 26.2 Å². The number of rotatable bonds is 4. The molecule has 0 aliphatic carbocycles. The van der Waals surface area contributed by atoms with E-state index in [0.29, 0.717) is 18.0 Å². The van der Waals surface area contributed by atoms with Crippen molar-refractivity contribution in [2.24, 2.45) is 0 Å². The van der Waals surface area contributed by atoms with E-state index >= 15 is 0 Å². The second kappa shape index (κ2) is 7.05. The molecular weight excluding hydrogens is 320 g/mol. The van der Waals surface area contributed by atoms with E-state index < -0.39 is 10.0 Å². The zero-order valence-electron chi connectivity index (χ0n) is 14.3. The fourth-order valence-corrected chi connectivity index (χ4v) is 4.42. The Morgan fingerprint density at radius 2 is 1.33 bits per heavy atom. The molecule has 1 fully saturated rings. The van der Waals surface area contributed by atoms with Gasteiger partial charge < -0.3 is 4.90 Å². The van der Waals surface area contributed by atoms with Crippen LogP contribution in [0, 0.1) is 6.92 Å². The first-order valence-corrected chi connectivity index (χ1v) is 9.84. The zero-order valence-corrected chi connectivity index (χ0v) is 15.1. The van der Waals surface area contributed by atoms with Gasteiger partial charge in [0.15, 0.2) is 0 Å². The molecule has 5 heteroatoms. The molecule has 1 heterocycles. The predicted molar refractivity (Wildman–Crippen MR) is 97.5 cm³/mol. The molecule has 0 unspecified atom stereocenters. The van der Waals surface area contributed by atoms with E-state index in [1.165, 1.54) is 5.56 Å². The molecule has 4 nitrogen and oxygen atoms in total. The molecule has 0 atom stereocenters. The molecule has 3 rings (SSSR count). The monoisotopic (exact) mass is 344 g/mol. The van der Waals surface area contributed by atoms with Gasteiger partial charge in [-0.3, -0.25) is 0 Å². The van der Waals surface area contributed by atoms with E-state index in [-0.39, 0.29) is 0 Å². The summed E-state index contributed by atoms with van der Waals surface area (Å²) < 4.78 is 27.2. The Hall–Kier alpha value is -1.69. The zero-order chi connectivity index (χ0) is 17.2. The van der Waals surface area contributed by atoms with Crippen LogP contribution in [-0.2, 0) is 10.0 Å². The Balaban J connectivity index is 1.78. The molecular formula is C19H24N2O2S. The Bertz CT molecular complexity index is 775. The summed E-state index contributed by atoms with van der Waals surface area (Å²) >= 11 is 0. The molecule has 0 saturated carbocycles. The first-order valence-electron chi connectivity index (χ1n) is 8.40. The first kappa shape index (κ1) is 17.1. The van der Waals surface area contributed by atoms with E-state index in [0.717, 1.165) is 30.8 Å². The van der Waals surface area contributed by atoms with Gasteiger partial charge in [0.25, 0.3) is 0 Å². The summed E-state index contributed by atoms with van der Waals surface area (Å²) in [6.07, 6.45) is 0. The molecule has 2 aromatic carbocycles. The minimum absolute atomic E-state index is 0.378. The molecule has 128 valence electrons. The van der Waals surface area contributed by atoms with Crippen molar-refractivity contribution in [3.05, 3.63) is 54.1 Å². The van der Waals surface area contributed by atoms with Gasteiger partial charge >= 0.3 is 0 Å². The third-order valence-corrected chi connectivity index (χ3v) is 6.57. The van der Waals surface area contributed by atoms with Gasteiger partial charge in [0.1, 0.15) is 0 Å². The highest BCUT2D eigenvalue weighted by Gasteiger charge is 2.27. The average molecular weight is 344 g/mol. The summed E-state index contributed by atoms with van der Waals surface area (Å²) in [6.45, 7) is 7.87. The molecule has 0 amide bonds. The van der Waals surface area contributed by atoms with Crippen LogP contribution in [0.4, 0.5) is 0 Å². The Morgan fingerprint density at radius 3 is 1.83 bits per heavy atom. The van der Waals surface area contributed by atoms with E-state index in [4.69, 9.17) is 0 Å². The summed E-state index contributed by atoms with van der Waals surface area (Å²) in [6, 6.07) is 15.5. The molecule has 0 bridgehead atoms. The molecule has 24 heavy (non-hydrogen) atoms. The van der Waals surface area contributed by atoms with Crippen LogP contribution in [0.5, 0.6) is 0 Å². The fraction of sp³-hybridized carbons (Fsp3) is 0.368. The topological polar surface area (TPSA) is 40.6 Å². The fourth-order valence-electron chi connectivity index (χ4n) is 3.00. The smallest absolute Gasteiger partial charge is 0.243 e. The van der Waals surface area contributed by atoms with Gasteiger partial charge in [-0.15, -0.1) is 0 Å². The number of benzene rings is 2. The summed E-state index contributed by atoms with van der Waals surface area (Å²) in [5.74, 6) is 0. The van der Waals surface area contributed by atoms with Crippen molar-refractivity contribution in [2.75, 3.05) is 32.7 Å². The van der Waals surface area contributed by atoms with Crippen LogP contribution >= 0.6 is 0 Å². The van der Waals surface area contributed by atoms with Crippen LogP contribution in [0.25, 0.3) is 11.1 Å².